The molecule has 4 heteroatoms. The highest BCUT2D eigenvalue weighted by atomic mass is 16.3. The van der Waals surface area contributed by atoms with Crippen LogP contribution in [0.4, 0.5) is 5.69 Å². The number of nitrogens with zero attached hydrogens (tertiary/aromatic N) is 3. The molecule has 2 saturated heterocycles. The molecule has 2 aliphatic rings. The van der Waals surface area contributed by atoms with Crippen molar-refractivity contribution in [1.29, 1.82) is 0 Å². The SMILES string of the molecule is CC[C@H](O)c1ccc(N2CCC3C(CCCN3C)C2)cn1. The van der Waals surface area contributed by atoms with Crippen LogP contribution >= 0.6 is 0 Å². The van der Waals surface area contributed by atoms with Gasteiger partial charge in [-0.1, -0.05) is 6.92 Å². The number of anilines is 1. The molecule has 3 heterocycles. The minimum absolute atomic E-state index is 0.434. The number of likely N-dealkylation sites (tertiary alicyclic amines) is 1. The van der Waals surface area contributed by atoms with E-state index in [1.165, 1.54) is 31.5 Å². The van der Waals surface area contributed by atoms with Gasteiger partial charge in [-0.25, -0.2) is 0 Å². The largest absolute Gasteiger partial charge is 0.387 e. The van der Waals surface area contributed by atoms with E-state index < -0.39 is 6.10 Å². The number of pyridine rings is 1. The summed E-state index contributed by atoms with van der Waals surface area (Å²) in [6, 6.07) is 4.86. The maximum absolute atomic E-state index is 9.83. The first-order valence-corrected chi connectivity index (χ1v) is 8.28. The maximum atomic E-state index is 9.83. The number of aromatic nitrogens is 1. The molecule has 3 atom stereocenters. The van der Waals surface area contributed by atoms with Crippen LogP contribution < -0.4 is 4.90 Å². The fraction of sp³-hybridized carbons (Fsp3) is 0.706. The second kappa shape index (κ2) is 6.32. The highest BCUT2D eigenvalue weighted by Gasteiger charge is 2.34. The molecule has 0 spiro atoms. The van der Waals surface area contributed by atoms with Crippen molar-refractivity contribution in [2.45, 2.75) is 44.8 Å². The molecule has 4 nitrogen and oxygen atoms in total. The second-order valence-corrected chi connectivity index (χ2v) is 6.55. The Kier molecular flexibility index (Phi) is 4.45. The summed E-state index contributed by atoms with van der Waals surface area (Å²) in [7, 11) is 2.27. The van der Waals surface area contributed by atoms with Gasteiger partial charge in [0.1, 0.15) is 0 Å². The number of aliphatic hydroxyl groups excluding tert-OH is 1. The number of fused-ring (bicyclic) bond motifs is 1. The van der Waals surface area contributed by atoms with E-state index >= 15 is 0 Å². The second-order valence-electron chi connectivity index (χ2n) is 6.55. The van der Waals surface area contributed by atoms with Crippen molar-refractivity contribution in [3.8, 4) is 0 Å². The summed E-state index contributed by atoms with van der Waals surface area (Å²) >= 11 is 0. The first-order chi connectivity index (χ1) is 10.2. The average Bonchev–Trinajstić information content (AvgIpc) is 2.54. The van der Waals surface area contributed by atoms with Crippen molar-refractivity contribution < 1.29 is 5.11 Å². The molecule has 1 aromatic rings. The lowest BCUT2D eigenvalue weighted by atomic mass is 9.84. The van der Waals surface area contributed by atoms with E-state index in [0.717, 1.165) is 30.7 Å². The zero-order valence-electron chi connectivity index (χ0n) is 13.2. The van der Waals surface area contributed by atoms with Gasteiger partial charge < -0.3 is 14.9 Å². The molecule has 0 amide bonds. The van der Waals surface area contributed by atoms with Crippen LogP contribution in [0, 0.1) is 5.92 Å². The van der Waals surface area contributed by atoms with Crippen molar-refractivity contribution in [2.24, 2.45) is 5.92 Å². The van der Waals surface area contributed by atoms with Gasteiger partial charge in [0, 0.05) is 19.1 Å². The summed E-state index contributed by atoms with van der Waals surface area (Å²) in [4.78, 5) is 9.46. The zero-order valence-corrected chi connectivity index (χ0v) is 13.2. The molecule has 2 fully saturated rings. The Balaban J connectivity index is 1.68. The van der Waals surface area contributed by atoms with Crippen LogP contribution in [0.5, 0.6) is 0 Å². The molecular weight excluding hydrogens is 262 g/mol. The molecule has 0 saturated carbocycles. The molecule has 0 aliphatic carbocycles. The maximum Gasteiger partial charge on any atom is 0.0957 e. The van der Waals surface area contributed by atoms with E-state index in [2.05, 4.69) is 27.9 Å². The molecule has 21 heavy (non-hydrogen) atoms. The number of piperidine rings is 2. The molecule has 0 radical (unpaired) electrons. The molecule has 3 rings (SSSR count). The summed E-state index contributed by atoms with van der Waals surface area (Å²) in [5, 5.41) is 9.83. The van der Waals surface area contributed by atoms with E-state index in [4.69, 9.17) is 0 Å². The highest BCUT2D eigenvalue weighted by molar-refractivity contribution is 5.45. The van der Waals surface area contributed by atoms with Gasteiger partial charge in [-0.15, -0.1) is 0 Å². The van der Waals surface area contributed by atoms with Crippen LogP contribution in [0.3, 0.4) is 0 Å². The molecule has 1 N–H and O–H groups in total. The van der Waals surface area contributed by atoms with E-state index in [-0.39, 0.29) is 0 Å². The number of hydrogen-bond acceptors (Lipinski definition) is 4. The van der Waals surface area contributed by atoms with Gasteiger partial charge in [-0.2, -0.15) is 0 Å². The lowest BCUT2D eigenvalue weighted by Crippen LogP contribution is -2.52. The molecule has 0 bridgehead atoms. The third-order valence-electron chi connectivity index (χ3n) is 5.21. The fourth-order valence-electron chi connectivity index (χ4n) is 3.88. The molecule has 2 aliphatic heterocycles. The van der Waals surface area contributed by atoms with Crippen LogP contribution in [-0.4, -0.2) is 47.7 Å². The minimum atomic E-state index is -0.434. The normalized spacial score (nSPS) is 28.2. The Labute approximate surface area is 127 Å². The predicted octanol–water partition coefficient (Wildman–Crippen LogP) is 2.45. The van der Waals surface area contributed by atoms with E-state index in [0.29, 0.717) is 6.42 Å². The van der Waals surface area contributed by atoms with E-state index in [1.807, 2.05) is 19.2 Å². The van der Waals surface area contributed by atoms with Crippen molar-refractivity contribution in [2.75, 3.05) is 31.6 Å². The van der Waals surface area contributed by atoms with E-state index in [9.17, 15) is 5.11 Å². The highest BCUT2D eigenvalue weighted by Crippen LogP contribution is 2.32. The fourth-order valence-corrected chi connectivity index (χ4v) is 3.88. The van der Waals surface area contributed by atoms with Crippen LogP contribution in [0.2, 0.25) is 0 Å². The monoisotopic (exact) mass is 289 g/mol. The Morgan fingerprint density at radius 2 is 2.19 bits per heavy atom. The van der Waals surface area contributed by atoms with Crippen LogP contribution in [0.25, 0.3) is 0 Å². The summed E-state index contributed by atoms with van der Waals surface area (Å²) in [5.74, 6) is 0.790. The van der Waals surface area contributed by atoms with Crippen LogP contribution in [0.1, 0.15) is 44.4 Å². The quantitative estimate of drug-likeness (QED) is 0.928. The van der Waals surface area contributed by atoms with Gasteiger partial charge in [0.25, 0.3) is 0 Å². The Morgan fingerprint density at radius 3 is 2.90 bits per heavy atom. The van der Waals surface area contributed by atoms with Crippen molar-refractivity contribution in [1.82, 2.24) is 9.88 Å². The third-order valence-corrected chi connectivity index (χ3v) is 5.21. The lowest BCUT2D eigenvalue weighted by Gasteiger charge is -2.46. The van der Waals surface area contributed by atoms with E-state index in [1.54, 1.807) is 0 Å². The standard InChI is InChI=1S/C17H27N3O/c1-3-17(21)15-7-6-14(11-18-15)20-10-8-16-13(12-20)5-4-9-19(16)2/h6-7,11,13,16-17,21H,3-5,8-10,12H2,1-2H3/t13?,16?,17-/m0/s1. The van der Waals surface area contributed by atoms with Crippen molar-refractivity contribution >= 4 is 5.69 Å². The number of hydrogen-bond donors (Lipinski definition) is 1. The topological polar surface area (TPSA) is 39.6 Å². The summed E-state index contributed by atoms with van der Waals surface area (Å²) in [6.07, 6.45) is 6.14. The first kappa shape index (κ1) is 14.8. The Morgan fingerprint density at radius 1 is 1.33 bits per heavy atom. The summed E-state index contributed by atoms with van der Waals surface area (Å²) in [6.45, 7) is 5.49. The molecule has 2 unspecified atom stereocenters. The summed E-state index contributed by atoms with van der Waals surface area (Å²) in [5.41, 5.74) is 1.99. The number of aliphatic hydroxyl groups is 1. The lowest BCUT2D eigenvalue weighted by molar-refractivity contribution is 0.102. The molecule has 0 aromatic carbocycles. The van der Waals surface area contributed by atoms with Crippen LogP contribution in [-0.2, 0) is 0 Å². The van der Waals surface area contributed by atoms with Crippen LogP contribution in [0.15, 0.2) is 18.3 Å². The zero-order chi connectivity index (χ0) is 14.8. The first-order valence-electron chi connectivity index (χ1n) is 8.28. The third kappa shape index (κ3) is 3.06. The molecular formula is C17H27N3O. The van der Waals surface area contributed by atoms with Gasteiger partial charge in [-0.3, -0.25) is 4.98 Å². The van der Waals surface area contributed by atoms with Gasteiger partial charge in [0.15, 0.2) is 0 Å². The van der Waals surface area contributed by atoms with Crippen molar-refractivity contribution in [3.05, 3.63) is 24.0 Å². The van der Waals surface area contributed by atoms with Crippen molar-refractivity contribution in [3.63, 3.8) is 0 Å². The van der Waals surface area contributed by atoms with Gasteiger partial charge in [0.2, 0.25) is 0 Å². The minimum Gasteiger partial charge on any atom is -0.387 e. The Bertz CT molecular complexity index is 462. The predicted molar refractivity (Wildman–Crippen MR) is 85.5 cm³/mol. The van der Waals surface area contributed by atoms with Gasteiger partial charge >= 0.3 is 0 Å². The molecule has 1 aromatic heterocycles. The molecule has 116 valence electrons. The van der Waals surface area contributed by atoms with Gasteiger partial charge in [-0.05, 0) is 57.3 Å². The van der Waals surface area contributed by atoms with Gasteiger partial charge in [0.05, 0.1) is 23.7 Å². The smallest absolute Gasteiger partial charge is 0.0957 e. The Hall–Kier alpha value is -1.13. The number of rotatable bonds is 3. The average molecular weight is 289 g/mol. The summed E-state index contributed by atoms with van der Waals surface area (Å²) < 4.78 is 0.